The molecule has 6 nitrogen and oxygen atoms in total. The van der Waals surface area contributed by atoms with Crippen LogP contribution in [0, 0.1) is 0 Å². The highest BCUT2D eigenvalue weighted by Gasteiger charge is 2.31. The summed E-state index contributed by atoms with van der Waals surface area (Å²) >= 11 is 7.96. The maximum atomic E-state index is 12.6. The maximum absolute atomic E-state index is 12.6. The second kappa shape index (κ2) is 9.59. The van der Waals surface area contributed by atoms with Gasteiger partial charge in [-0.3, -0.25) is 9.10 Å². The van der Waals surface area contributed by atoms with Crippen LogP contribution in [0.2, 0.25) is 5.02 Å². The minimum absolute atomic E-state index is 0.168. The maximum Gasteiger partial charge on any atom is 0.261 e. The molecule has 1 fully saturated rings. The fourth-order valence-corrected chi connectivity index (χ4v) is 5.95. The Morgan fingerprint density at radius 2 is 2.04 bits per heavy atom. The van der Waals surface area contributed by atoms with Gasteiger partial charge in [0.1, 0.15) is 5.75 Å². The summed E-state index contributed by atoms with van der Waals surface area (Å²) in [5.74, 6) is 1.02. The zero-order valence-corrected chi connectivity index (χ0v) is 18.4. The summed E-state index contributed by atoms with van der Waals surface area (Å²) < 4.78 is 31.5. The molecule has 156 valence electrons. The summed E-state index contributed by atoms with van der Waals surface area (Å²) in [6, 6.07) is 4.79. The number of fused-ring (bicyclic) bond motifs is 1. The highest BCUT2D eigenvalue weighted by Crippen LogP contribution is 2.36. The van der Waals surface area contributed by atoms with Gasteiger partial charge in [-0.1, -0.05) is 30.9 Å². The zero-order valence-electron chi connectivity index (χ0n) is 16.0. The molecular weight excluding hydrogens is 420 g/mol. The van der Waals surface area contributed by atoms with E-state index in [0.29, 0.717) is 28.3 Å². The van der Waals surface area contributed by atoms with E-state index >= 15 is 0 Å². The number of nitrogens with one attached hydrogen (secondary N) is 1. The van der Waals surface area contributed by atoms with Crippen LogP contribution < -0.4 is 14.4 Å². The van der Waals surface area contributed by atoms with Crippen LogP contribution in [0.5, 0.6) is 5.75 Å². The first-order chi connectivity index (χ1) is 13.3. The van der Waals surface area contributed by atoms with Crippen LogP contribution in [0.3, 0.4) is 0 Å². The molecule has 1 N–H and O–H groups in total. The van der Waals surface area contributed by atoms with Gasteiger partial charge in [-0.05, 0) is 31.0 Å². The van der Waals surface area contributed by atoms with Gasteiger partial charge in [-0.15, -0.1) is 0 Å². The van der Waals surface area contributed by atoms with Crippen LogP contribution >= 0.6 is 23.4 Å². The Kier molecular flexibility index (Phi) is 7.39. The highest BCUT2D eigenvalue weighted by molar-refractivity contribution is 7.99. The van der Waals surface area contributed by atoms with Gasteiger partial charge in [0.25, 0.3) is 5.91 Å². The van der Waals surface area contributed by atoms with Gasteiger partial charge < -0.3 is 10.1 Å². The lowest BCUT2D eigenvalue weighted by Crippen LogP contribution is -2.40. The molecule has 1 saturated carbocycles. The first-order valence-corrected chi connectivity index (χ1v) is 13.0. The van der Waals surface area contributed by atoms with Gasteiger partial charge in [0, 0.05) is 35.5 Å². The average Bonchev–Trinajstić information content (AvgIpc) is 2.85. The third kappa shape index (κ3) is 5.70. The van der Waals surface area contributed by atoms with Gasteiger partial charge in [0.15, 0.2) is 6.10 Å². The first kappa shape index (κ1) is 21.6. The number of hydrogen-bond acceptors (Lipinski definition) is 5. The van der Waals surface area contributed by atoms with Crippen molar-refractivity contribution in [3.05, 3.63) is 23.2 Å². The van der Waals surface area contributed by atoms with Crippen LogP contribution in [0.1, 0.15) is 38.5 Å². The van der Waals surface area contributed by atoms with Gasteiger partial charge in [0.05, 0.1) is 11.9 Å². The normalized spacial score (nSPS) is 20.8. The molecule has 28 heavy (non-hydrogen) atoms. The molecule has 1 aliphatic heterocycles. The number of benzene rings is 1. The quantitative estimate of drug-likeness (QED) is 0.677. The molecule has 1 aromatic carbocycles. The van der Waals surface area contributed by atoms with E-state index in [2.05, 4.69) is 5.32 Å². The molecule has 0 spiro atoms. The van der Waals surface area contributed by atoms with E-state index in [0.717, 1.165) is 12.0 Å². The van der Waals surface area contributed by atoms with Crippen molar-refractivity contribution in [1.29, 1.82) is 0 Å². The molecule has 1 aliphatic carbocycles. The zero-order chi connectivity index (χ0) is 20.1. The molecule has 9 heteroatoms. The molecule has 0 aromatic heterocycles. The number of anilines is 1. The van der Waals surface area contributed by atoms with Gasteiger partial charge >= 0.3 is 0 Å². The molecule has 1 atom stereocenters. The molecule has 0 bridgehead atoms. The number of carbonyl (C=O) groups excluding carboxylic acids is 1. The predicted octanol–water partition coefficient (Wildman–Crippen LogP) is 3.44. The number of halogens is 1. The largest absolute Gasteiger partial charge is 0.478 e. The van der Waals surface area contributed by atoms with Crippen LogP contribution in [-0.2, 0) is 14.8 Å². The van der Waals surface area contributed by atoms with Crippen molar-refractivity contribution in [3.63, 3.8) is 0 Å². The van der Waals surface area contributed by atoms with Crippen molar-refractivity contribution in [2.24, 2.45) is 0 Å². The fraction of sp³-hybridized carbons (Fsp3) is 0.632. The second-order valence-corrected chi connectivity index (χ2v) is 11.0. The van der Waals surface area contributed by atoms with Crippen molar-refractivity contribution < 1.29 is 17.9 Å². The van der Waals surface area contributed by atoms with Crippen molar-refractivity contribution in [3.8, 4) is 5.75 Å². The minimum atomic E-state index is -3.50. The van der Waals surface area contributed by atoms with E-state index in [4.69, 9.17) is 16.3 Å². The number of amides is 1. The van der Waals surface area contributed by atoms with Crippen LogP contribution in [0.4, 0.5) is 5.69 Å². The number of hydrogen-bond donors (Lipinski definition) is 1. The molecule has 0 saturated heterocycles. The first-order valence-electron chi connectivity index (χ1n) is 9.68. The number of rotatable bonds is 6. The van der Waals surface area contributed by atoms with E-state index in [9.17, 15) is 13.2 Å². The molecular formula is C19H27ClN2O4S2. The third-order valence-corrected chi connectivity index (χ3v) is 7.85. The number of ether oxygens (including phenoxy) is 1. The molecule has 2 aliphatic rings. The standard InChI is InChI=1S/C19H27ClN2O4S2/c1-28(24,25)22-11-9-18(26-17-8-7-14(20)13-16(17)22)19(23)21-10-12-27-15-5-3-2-4-6-15/h7-8,13,15,18H,2-6,9-12H2,1H3,(H,21,23)/t18-/m0/s1. The molecule has 1 heterocycles. The smallest absolute Gasteiger partial charge is 0.261 e. The number of carbonyl (C=O) groups is 1. The van der Waals surface area contributed by atoms with Crippen molar-refractivity contribution in [1.82, 2.24) is 5.32 Å². The second-order valence-electron chi connectivity index (χ2n) is 7.26. The van der Waals surface area contributed by atoms with Gasteiger partial charge in [-0.25, -0.2) is 8.42 Å². The molecule has 3 rings (SSSR count). The van der Waals surface area contributed by atoms with Crippen molar-refractivity contribution in [2.45, 2.75) is 49.9 Å². The molecule has 1 aromatic rings. The Balaban J connectivity index is 1.59. The molecule has 0 unspecified atom stereocenters. The van der Waals surface area contributed by atoms with E-state index < -0.39 is 16.1 Å². The Labute approximate surface area is 176 Å². The highest BCUT2D eigenvalue weighted by atomic mass is 35.5. The van der Waals surface area contributed by atoms with Gasteiger partial charge in [-0.2, -0.15) is 11.8 Å². The number of sulfonamides is 1. The summed E-state index contributed by atoms with van der Waals surface area (Å²) in [5.41, 5.74) is 0.373. The third-order valence-electron chi connectivity index (χ3n) is 5.05. The summed E-state index contributed by atoms with van der Waals surface area (Å²) in [7, 11) is -3.50. The van der Waals surface area contributed by atoms with Crippen molar-refractivity contribution >= 4 is 45.0 Å². The van der Waals surface area contributed by atoms with E-state index in [1.807, 2.05) is 11.8 Å². The van der Waals surface area contributed by atoms with E-state index in [1.54, 1.807) is 18.2 Å². The fourth-order valence-electron chi connectivity index (χ4n) is 3.63. The SMILES string of the molecule is CS(=O)(=O)N1CC[C@@H](C(=O)NCCSC2CCCCC2)Oc2ccc(Cl)cc21. The van der Waals surface area contributed by atoms with Crippen LogP contribution in [0.25, 0.3) is 0 Å². The minimum Gasteiger partial charge on any atom is -0.478 e. The monoisotopic (exact) mass is 446 g/mol. The van der Waals surface area contributed by atoms with Gasteiger partial charge in [0.2, 0.25) is 10.0 Å². The summed E-state index contributed by atoms with van der Waals surface area (Å²) in [5, 5.41) is 4.06. The molecule has 1 amide bonds. The lowest BCUT2D eigenvalue weighted by molar-refractivity contribution is -0.127. The number of nitrogens with zero attached hydrogens (tertiary/aromatic N) is 1. The Bertz CT molecular complexity index is 797. The Hall–Kier alpha value is -1.12. The topological polar surface area (TPSA) is 75.7 Å². The summed E-state index contributed by atoms with van der Waals surface area (Å²) in [4.78, 5) is 12.6. The lowest BCUT2D eigenvalue weighted by atomic mass is 10.0. The van der Waals surface area contributed by atoms with Crippen LogP contribution in [-0.4, -0.2) is 50.8 Å². The lowest BCUT2D eigenvalue weighted by Gasteiger charge is -2.21. The number of thioether (sulfide) groups is 1. The summed E-state index contributed by atoms with van der Waals surface area (Å²) in [6.45, 7) is 0.754. The Morgan fingerprint density at radius 1 is 1.29 bits per heavy atom. The average molecular weight is 447 g/mol. The molecule has 0 radical (unpaired) electrons. The summed E-state index contributed by atoms with van der Waals surface area (Å²) in [6.07, 6.45) is 7.17. The predicted molar refractivity (Wildman–Crippen MR) is 115 cm³/mol. The Morgan fingerprint density at radius 3 is 2.75 bits per heavy atom. The van der Waals surface area contributed by atoms with Crippen molar-refractivity contribution in [2.75, 3.05) is 29.4 Å². The van der Waals surface area contributed by atoms with E-state index in [-0.39, 0.29) is 18.9 Å². The van der Waals surface area contributed by atoms with E-state index in [1.165, 1.54) is 36.4 Å². The van der Waals surface area contributed by atoms with Crippen LogP contribution in [0.15, 0.2) is 18.2 Å².